The molecule has 1 aliphatic heterocycles. The zero-order valence-electron chi connectivity index (χ0n) is 7.25. The van der Waals surface area contributed by atoms with Crippen LogP contribution >= 0.6 is 0 Å². The number of nitrogens with zero attached hydrogens (tertiary/aromatic N) is 2. The molecule has 0 unspecified atom stereocenters. The van der Waals surface area contributed by atoms with E-state index in [0.717, 1.165) is 0 Å². The summed E-state index contributed by atoms with van der Waals surface area (Å²) in [5.74, 6) is 0. The topological polar surface area (TPSA) is 99.5 Å². The number of rotatable bonds is 2. The Balaban J connectivity index is 2.24. The van der Waals surface area contributed by atoms with Crippen LogP contribution in [0.2, 0.25) is 0 Å². The molecule has 1 saturated heterocycles. The fourth-order valence-electron chi connectivity index (χ4n) is 1.07. The van der Waals surface area contributed by atoms with Gasteiger partial charge in [-0.05, 0) is 0 Å². The molecule has 0 saturated carbocycles. The predicted molar refractivity (Wildman–Crippen MR) is 41.4 cm³/mol. The van der Waals surface area contributed by atoms with E-state index in [1.54, 1.807) is 0 Å². The molecule has 14 heavy (non-hydrogen) atoms. The van der Waals surface area contributed by atoms with Crippen LogP contribution in [0.25, 0.3) is 0 Å². The van der Waals surface area contributed by atoms with Crippen LogP contribution in [0.3, 0.4) is 0 Å². The molecule has 0 amide bonds. The van der Waals surface area contributed by atoms with Crippen molar-refractivity contribution in [3.63, 3.8) is 0 Å². The summed E-state index contributed by atoms with van der Waals surface area (Å²) >= 11 is 0. The Morgan fingerprint density at radius 1 is 0.857 bits per heavy atom. The van der Waals surface area contributed by atoms with Crippen LogP contribution in [0.15, 0.2) is 0 Å². The van der Waals surface area contributed by atoms with Gasteiger partial charge in [-0.15, -0.1) is 10.1 Å². The number of carbonyl (C=O) groups is 2. The van der Waals surface area contributed by atoms with E-state index in [4.69, 9.17) is 10.2 Å². The maximum absolute atomic E-state index is 10.1. The Bertz CT molecular complexity index is 200. The summed E-state index contributed by atoms with van der Waals surface area (Å²) < 4.78 is 0. The summed E-state index contributed by atoms with van der Waals surface area (Å²) in [5, 5.41) is 19.0. The molecule has 0 aliphatic carbocycles. The Hall–Kier alpha value is -1.54. The van der Waals surface area contributed by atoms with Crippen molar-refractivity contribution in [1.29, 1.82) is 0 Å². The van der Waals surface area contributed by atoms with Gasteiger partial charge >= 0.3 is 12.3 Å². The number of carboxylic acid groups (broad SMARTS) is 2. The van der Waals surface area contributed by atoms with Crippen LogP contribution in [-0.4, -0.2) is 58.8 Å². The van der Waals surface area contributed by atoms with Gasteiger partial charge in [0.15, 0.2) is 0 Å². The highest BCUT2D eigenvalue weighted by Gasteiger charge is 2.22. The second-order valence-electron chi connectivity index (χ2n) is 2.57. The van der Waals surface area contributed by atoms with Crippen molar-refractivity contribution >= 4 is 12.3 Å². The molecule has 1 fully saturated rings. The molecule has 0 aromatic rings. The summed E-state index contributed by atoms with van der Waals surface area (Å²) in [6, 6.07) is 0. The molecular weight excluding hydrogens is 196 g/mol. The predicted octanol–water partition coefficient (Wildman–Crippen LogP) is -0.177. The third kappa shape index (κ3) is 3.46. The first-order valence-corrected chi connectivity index (χ1v) is 3.89. The standard InChI is InChI=1S/C6H10N2O6/c9-5(10)13-7-1-2-8(4-3-7)14-6(11)12/h1-4H2,(H,9,10)(H,11,12). The number of hydroxylamine groups is 4. The maximum atomic E-state index is 10.1. The van der Waals surface area contributed by atoms with Crippen LogP contribution in [0, 0.1) is 0 Å². The SMILES string of the molecule is O=C(O)ON1CCN(OC(=O)O)CC1. The Morgan fingerprint density at radius 3 is 1.36 bits per heavy atom. The van der Waals surface area contributed by atoms with Crippen molar-refractivity contribution in [2.75, 3.05) is 26.2 Å². The molecule has 1 rings (SSSR count). The van der Waals surface area contributed by atoms with Gasteiger partial charge in [0, 0.05) is 0 Å². The van der Waals surface area contributed by atoms with Crippen LogP contribution < -0.4 is 0 Å². The fourth-order valence-corrected chi connectivity index (χ4v) is 1.07. The minimum absolute atomic E-state index is 0.277. The Morgan fingerprint density at radius 2 is 1.14 bits per heavy atom. The van der Waals surface area contributed by atoms with Crippen molar-refractivity contribution in [2.24, 2.45) is 0 Å². The van der Waals surface area contributed by atoms with Crippen molar-refractivity contribution in [2.45, 2.75) is 0 Å². The first-order valence-electron chi connectivity index (χ1n) is 3.89. The van der Waals surface area contributed by atoms with Crippen LogP contribution in [0.4, 0.5) is 9.59 Å². The third-order valence-electron chi connectivity index (χ3n) is 1.61. The molecule has 80 valence electrons. The van der Waals surface area contributed by atoms with Gasteiger partial charge in [0.05, 0.1) is 26.2 Å². The molecule has 0 aromatic carbocycles. The zero-order chi connectivity index (χ0) is 10.6. The van der Waals surface area contributed by atoms with E-state index in [-0.39, 0.29) is 26.2 Å². The van der Waals surface area contributed by atoms with Gasteiger partial charge in [0.2, 0.25) is 0 Å². The van der Waals surface area contributed by atoms with Gasteiger partial charge in [0.1, 0.15) is 0 Å². The van der Waals surface area contributed by atoms with Crippen molar-refractivity contribution < 1.29 is 29.5 Å². The van der Waals surface area contributed by atoms with E-state index < -0.39 is 12.3 Å². The lowest BCUT2D eigenvalue weighted by Crippen LogP contribution is -2.47. The molecule has 8 heteroatoms. The second-order valence-corrected chi connectivity index (χ2v) is 2.57. The molecular formula is C6H10N2O6. The third-order valence-corrected chi connectivity index (χ3v) is 1.61. The minimum atomic E-state index is -1.38. The number of piperazine rings is 1. The molecule has 0 bridgehead atoms. The van der Waals surface area contributed by atoms with Gasteiger partial charge in [-0.2, -0.15) is 0 Å². The normalized spacial score (nSPS) is 18.9. The molecule has 2 N–H and O–H groups in total. The smallest absolute Gasteiger partial charge is 0.448 e. The largest absolute Gasteiger partial charge is 0.525 e. The average Bonchev–Trinajstić information content (AvgIpc) is 2.06. The molecule has 1 heterocycles. The lowest BCUT2D eigenvalue weighted by molar-refractivity contribution is -0.198. The Kier molecular flexibility index (Phi) is 3.48. The van der Waals surface area contributed by atoms with Crippen molar-refractivity contribution in [3.8, 4) is 0 Å². The molecule has 8 nitrogen and oxygen atoms in total. The van der Waals surface area contributed by atoms with Crippen LogP contribution in [0.1, 0.15) is 0 Å². The Labute approximate surface area is 79.1 Å². The fraction of sp³-hybridized carbons (Fsp3) is 0.667. The van der Waals surface area contributed by atoms with Gasteiger partial charge in [-0.25, -0.2) is 9.59 Å². The van der Waals surface area contributed by atoms with Gasteiger partial charge in [-0.3, -0.25) is 0 Å². The summed E-state index contributed by atoms with van der Waals surface area (Å²) in [6.07, 6.45) is -2.75. The molecule has 0 radical (unpaired) electrons. The second kappa shape index (κ2) is 4.63. The summed E-state index contributed by atoms with van der Waals surface area (Å²) in [6.45, 7) is 1.11. The lowest BCUT2D eigenvalue weighted by Gasteiger charge is -2.30. The van der Waals surface area contributed by atoms with E-state index in [0.29, 0.717) is 0 Å². The number of hydrogen-bond donors (Lipinski definition) is 2. The lowest BCUT2D eigenvalue weighted by atomic mass is 10.4. The van der Waals surface area contributed by atoms with Crippen LogP contribution in [-0.2, 0) is 9.68 Å². The van der Waals surface area contributed by atoms with Gasteiger partial charge < -0.3 is 19.9 Å². The minimum Gasteiger partial charge on any atom is -0.448 e. The van der Waals surface area contributed by atoms with Gasteiger partial charge in [0.25, 0.3) is 0 Å². The number of hydrogen-bond acceptors (Lipinski definition) is 6. The first-order chi connectivity index (χ1) is 6.58. The van der Waals surface area contributed by atoms with Crippen molar-refractivity contribution in [1.82, 2.24) is 10.1 Å². The van der Waals surface area contributed by atoms with E-state index in [1.807, 2.05) is 0 Å². The monoisotopic (exact) mass is 206 g/mol. The van der Waals surface area contributed by atoms with E-state index in [9.17, 15) is 9.59 Å². The molecule has 0 aromatic heterocycles. The summed E-state index contributed by atoms with van der Waals surface area (Å²) in [4.78, 5) is 29.0. The van der Waals surface area contributed by atoms with Crippen molar-refractivity contribution in [3.05, 3.63) is 0 Å². The highest BCUT2D eigenvalue weighted by atomic mass is 16.8. The molecule has 1 aliphatic rings. The summed E-state index contributed by atoms with van der Waals surface area (Å²) in [5.41, 5.74) is 0. The maximum Gasteiger partial charge on any atom is 0.525 e. The quantitative estimate of drug-likeness (QED) is 0.642. The van der Waals surface area contributed by atoms with E-state index >= 15 is 0 Å². The summed E-state index contributed by atoms with van der Waals surface area (Å²) in [7, 11) is 0. The molecule has 0 atom stereocenters. The molecule has 0 spiro atoms. The average molecular weight is 206 g/mol. The highest BCUT2D eigenvalue weighted by Crippen LogP contribution is 2.03. The zero-order valence-corrected chi connectivity index (χ0v) is 7.25. The van der Waals surface area contributed by atoms with Crippen LogP contribution in [0.5, 0.6) is 0 Å². The van der Waals surface area contributed by atoms with E-state index in [2.05, 4.69) is 9.68 Å². The van der Waals surface area contributed by atoms with Gasteiger partial charge in [-0.1, -0.05) is 0 Å². The van der Waals surface area contributed by atoms with E-state index in [1.165, 1.54) is 10.1 Å². The first kappa shape index (κ1) is 10.5. The highest BCUT2D eigenvalue weighted by molar-refractivity contribution is 5.56.